The lowest BCUT2D eigenvalue weighted by atomic mass is 10.1. The maximum Gasteiger partial charge on any atom is 0.261 e. The molecule has 0 saturated heterocycles. The summed E-state index contributed by atoms with van der Waals surface area (Å²) in [4.78, 5) is 0. The van der Waals surface area contributed by atoms with Crippen molar-refractivity contribution >= 4 is 0 Å². The van der Waals surface area contributed by atoms with E-state index in [9.17, 15) is 8.78 Å². The van der Waals surface area contributed by atoms with E-state index in [4.69, 9.17) is 4.74 Å². The van der Waals surface area contributed by atoms with E-state index in [1.54, 1.807) is 0 Å². The van der Waals surface area contributed by atoms with E-state index in [0.717, 1.165) is 11.8 Å². The van der Waals surface area contributed by atoms with Crippen LogP contribution >= 0.6 is 0 Å². The standard InChI is InChI=1S/C11H19F2NO/c12-10(13)7-15-6-5-14-11(8-1-2-8)9-3-4-9/h8-11,14H,1-7H2. The topological polar surface area (TPSA) is 21.3 Å². The van der Waals surface area contributed by atoms with Gasteiger partial charge in [0, 0.05) is 12.6 Å². The molecule has 15 heavy (non-hydrogen) atoms. The van der Waals surface area contributed by atoms with Gasteiger partial charge in [0.05, 0.1) is 6.61 Å². The van der Waals surface area contributed by atoms with Gasteiger partial charge in [0.15, 0.2) is 0 Å². The van der Waals surface area contributed by atoms with Crippen molar-refractivity contribution in [3.63, 3.8) is 0 Å². The van der Waals surface area contributed by atoms with Crippen molar-refractivity contribution in [1.82, 2.24) is 5.32 Å². The summed E-state index contributed by atoms with van der Waals surface area (Å²) in [5.74, 6) is 1.71. The summed E-state index contributed by atoms with van der Waals surface area (Å²) in [5.41, 5.74) is 0. The van der Waals surface area contributed by atoms with Crippen molar-refractivity contribution in [1.29, 1.82) is 0 Å². The second-order valence-corrected chi connectivity index (χ2v) is 4.62. The second-order valence-electron chi connectivity index (χ2n) is 4.62. The largest absolute Gasteiger partial charge is 0.374 e. The molecule has 0 heterocycles. The predicted octanol–water partition coefficient (Wildman–Crippen LogP) is 2.05. The molecule has 1 N–H and O–H groups in total. The molecule has 0 aliphatic heterocycles. The first-order valence-electron chi connectivity index (χ1n) is 5.86. The van der Waals surface area contributed by atoms with Crippen LogP contribution in [0.25, 0.3) is 0 Å². The zero-order valence-electron chi connectivity index (χ0n) is 8.92. The molecule has 2 saturated carbocycles. The molecule has 0 bridgehead atoms. The third-order valence-electron chi connectivity index (χ3n) is 3.13. The predicted molar refractivity (Wildman–Crippen MR) is 54.1 cm³/mol. The highest BCUT2D eigenvalue weighted by Crippen LogP contribution is 2.44. The van der Waals surface area contributed by atoms with Crippen LogP contribution in [-0.2, 0) is 4.74 Å². The van der Waals surface area contributed by atoms with E-state index in [1.807, 2.05) is 0 Å². The van der Waals surface area contributed by atoms with Gasteiger partial charge in [-0.1, -0.05) is 0 Å². The monoisotopic (exact) mass is 219 g/mol. The van der Waals surface area contributed by atoms with Gasteiger partial charge in [-0.05, 0) is 37.5 Å². The Morgan fingerprint density at radius 1 is 1.13 bits per heavy atom. The number of alkyl halides is 2. The van der Waals surface area contributed by atoms with Crippen molar-refractivity contribution < 1.29 is 13.5 Å². The third-order valence-corrected chi connectivity index (χ3v) is 3.13. The van der Waals surface area contributed by atoms with E-state index in [1.165, 1.54) is 25.7 Å². The quantitative estimate of drug-likeness (QED) is 0.631. The van der Waals surface area contributed by atoms with Gasteiger partial charge in [-0.25, -0.2) is 8.78 Å². The Kier molecular flexibility index (Phi) is 3.92. The molecule has 0 amide bonds. The van der Waals surface area contributed by atoms with Crippen molar-refractivity contribution in [2.75, 3.05) is 19.8 Å². The van der Waals surface area contributed by atoms with Gasteiger partial charge in [-0.15, -0.1) is 0 Å². The smallest absolute Gasteiger partial charge is 0.261 e. The molecule has 0 aromatic rings. The number of halogens is 2. The lowest BCUT2D eigenvalue weighted by Crippen LogP contribution is -2.35. The lowest BCUT2D eigenvalue weighted by molar-refractivity contribution is 0.0179. The van der Waals surface area contributed by atoms with Gasteiger partial charge in [0.1, 0.15) is 6.61 Å². The molecular weight excluding hydrogens is 200 g/mol. The highest BCUT2D eigenvalue weighted by Gasteiger charge is 2.40. The van der Waals surface area contributed by atoms with Crippen LogP contribution in [0, 0.1) is 11.8 Å². The molecule has 0 radical (unpaired) electrons. The molecule has 4 heteroatoms. The molecular formula is C11H19F2NO. The molecule has 0 unspecified atom stereocenters. The molecule has 2 rings (SSSR count). The van der Waals surface area contributed by atoms with E-state index < -0.39 is 13.0 Å². The Morgan fingerprint density at radius 3 is 2.20 bits per heavy atom. The summed E-state index contributed by atoms with van der Waals surface area (Å²) in [6.45, 7) is 0.684. The van der Waals surface area contributed by atoms with E-state index in [0.29, 0.717) is 19.2 Å². The fourth-order valence-electron chi connectivity index (χ4n) is 2.10. The van der Waals surface area contributed by atoms with E-state index in [2.05, 4.69) is 5.32 Å². The normalized spacial score (nSPS) is 21.6. The SMILES string of the molecule is FC(F)COCCNC(C1CC1)C1CC1. The van der Waals surface area contributed by atoms with Crippen LogP contribution in [0.3, 0.4) is 0 Å². The molecule has 2 fully saturated rings. The van der Waals surface area contributed by atoms with Crippen molar-refractivity contribution in [2.24, 2.45) is 11.8 Å². The van der Waals surface area contributed by atoms with Gasteiger partial charge in [-0.3, -0.25) is 0 Å². The molecule has 2 nitrogen and oxygen atoms in total. The van der Waals surface area contributed by atoms with Crippen molar-refractivity contribution in [3.8, 4) is 0 Å². The first-order chi connectivity index (χ1) is 7.27. The van der Waals surface area contributed by atoms with E-state index >= 15 is 0 Å². The number of nitrogens with one attached hydrogen (secondary N) is 1. The average Bonchev–Trinajstić information content (AvgIpc) is 3.00. The molecule has 2 aliphatic carbocycles. The average molecular weight is 219 g/mol. The minimum atomic E-state index is -2.34. The van der Waals surface area contributed by atoms with Crippen LogP contribution in [0.2, 0.25) is 0 Å². The minimum absolute atomic E-state index is 0.403. The first kappa shape index (κ1) is 11.3. The van der Waals surface area contributed by atoms with Crippen LogP contribution in [0.4, 0.5) is 8.78 Å². The van der Waals surface area contributed by atoms with Crippen LogP contribution in [-0.4, -0.2) is 32.2 Å². The molecule has 0 atom stereocenters. The highest BCUT2D eigenvalue weighted by atomic mass is 19.3. The Hall–Kier alpha value is -0.220. The lowest BCUT2D eigenvalue weighted by Gasteiger charge is -2.17. The summed E-state index contributed by atoms with van der Waals surface area (Å²) in [6.07, 6.45) is 3.02. The Balaban J connectivity index is 1.51. The number of rotatable bonds is 8. The van der Waals surface area contributed by atoms with Gasteiger partial charge in [-0.2, -0.15) is 0 Å². The van der Waals surface area contributed by atoms with Crippen LogP contribution in [0.5, 0.6) is 0 Å². The van der Waals surface area contributed by atoms with Gasteiger partial charge in [0.2, 0.25) is 0 Å². The second kappa shape index (κ2) is 5.21. The van der Waals surface area contributed by atoms with Crippen LogP contribution < -0.4 is 5.32 Å². The summed E-state index contributed by atoms with van der Waals surface area (Å²) < 4.78 is 28.3. The number of hydrogen-bond acceptors (Lipinski definition) is 2. The fraction of sp³-hybridized carbons (Fsp3) is 1.00. The van der Waals surface area contributed by atoms with Crippen LogP contribution in [0.15, 0.2) is 0 Å². The van der Waals surface area contributed by atoms with Crippen molar-refractivity contribution in [2.45, 2.75) is 38.2 Å². The zero-order valence-corrected chi connectivity index (χ0v) is 8.92. The van der Waals surface area contributed by atoms with Crippen LogP contribution in [0.1, 0.15) is 25.7 Å². The highest BCUT2D eigenvalue weighted by molar-refractivity contribution is 4.96. The summed E-state index contributed by atoms with van der Waals surface area (Å²) >= 11 is 0. The number of ether oxygens (including phenoxy) is 1. The van der Waals surface area contributed by atoms with E-state index in [-0.39, 0.29) is 0 Å². The minimum Gasteiger partial charge on any atom is -0.374 e. The maximum absolute atomic E-state index is 11.8. The number of hydrogen-bond donors (Lipinski definition) is 1. The van der Waals surface area contributed by atoms with Gasteiger partial charge < -0.3 is 10.1 Å². The molecule has 2 aliphatic rings. The maximum atomic E-state index is 11.8. The molecule has 0 spiro atoms. The molecule has 0 aromatic heterocycles. The Labute approximate surface area is 89.4 Å². The Morgan fingerprint density at radius 2 is 1.73 bits per heavy atom. The molecule has 88 valence electrons. The first-order valence-corrected chi connectivity index (χ1v) is 5.86. The Bertz CT molecular complexity index is 181. The summed E-state index contributed by atoms with van der Waals surface area (Å²) in [6, 6.07) is 0.639. The molecule has 0 aromatic carbocycles. The fourth-order valence-corrected chi connectivity index (χ4v) is 2.10. The summed E-state index contributed by atoms with van der Waals surface area (Å²) in [7, 11) is 0. The third kappa shape index (κ3) is 4.03. The summed E-state index contributed by atoms with van der Waals surface area (Å²) in [5, 5.41) is 3.45. The van der Waals surface area contributed by atoms with Gasteiger partial charge in [0.25, 0.3) is 6.43 Å². The van der Waals surface area contributed by atoms with Gasteiger partial charge >= 0.3 is 0 Å². The van der Waals surface area contributed by atoms with Crippen molar-refractivity contribution in [3.05, 3.63) is 0 Å². The zero-order chi connectivity index (χ0) is 10.7.